The molecule has 1 saturated carbocycles. The first kappa shape index (κ1) is 23.8. The van der Waals surface area contributed by atoms with Crippen LogP contribution in [0.5, 0.6) is 0 Å². The second-order valence-electron chi connectivity index (χ2n) is 9.36. The molecule has 0 unspecified atom stereocenters. The zero-order chi connectivity index (χ0) is 22.3. The van der Waals surface area contributed by atoms with Crippen LogP contribution in [0.3, 0.4) is 0 Å². The number of piperidine rings is 2. The Morgan fingerprint density at radius 1 is 1.00 bits per heavy atom. The van der Waals surface area contributed by atoms with Crippen LogP contribution < -0.4 is 5.32 Å². The average molecular weight is 482 g/mol. The zero-order valence-electron chi connectivity index (χ0n) is 18.9. The van der Waals surface area contributed by atoms with Gasteiger partial charge in [0, 0.05) is 38.1 Å². The van der Waals surface area contributed by atoms with Gasteiger partial charge < -0.3 is 14.7 Å². The van der Waals surface area contributed by atoms with Gasteiger partial charge in [-0.2, -0.15) is 0 Å². The highest BCUT2D eigenvalue weighted by Crippen LogP contribution is 2.30. The molecule has 1 aromatic heterocycles. The average Bonchev–Trinajstić information content (AvgIpc) is 3.24. The van der Waals surface area contributed by atoms with Crippen molar-refractivity contribution in [1.82, 2.24) is 19.7 Å². The van der Waals surface area contributed by atoms with E-state index < -0.39 is 0 Å². The number of halogens is 1. The quantitative estimate of drug-likeness (QED) is 0.631. The molecule has 4 rings (SSSR count). The van der Waals surface area contributed by atoms with E-state index in [-0.39, 0.29) is 24.0 Å². The highest BCUT2D eigenvalue weighted by Gasteiger charge is 2.35. The van der Waals surface area contributed by atoms with Gasteiger partial charge in [0.25, 0.3) is 0 Å². The number of urea groups is 1. The smallest absolute Gasteiger partial charge is 0.324 e. The first-order valence-electron chi connectivity index (χ1n) is 12.3. The van der Waals surface area contributed by atoms with E-state index in [2.05, 4.69) is 20.1 Å². The number of hydrogen-bond acceptors (Lipinski definition) is 5. The lowest BCUT2D eigenvalue weighted by molar-refractivity contribution is -0.133. The number of hydrogen-bond donors (Lipinski definition) is 1. The molecule has 9 heteroatoms. The predicted octanol–water partition coefficient (Wildman–Crippen LogP) is 4.83. The second-order valence-corrected chi connectivity index (χ2v) is 11.0. The van der Waals surface area contributed by atoms with E-state index in [1.807, 2.05) is 4.90 Å². The fraction of sp³-hybridized carbons (Fsp3) is 0.783. The topological polar surface area (TPSA) is 68.8 Å². The van der Waals surface area contributed by atoms with Crippen LogP contribution in [-0.4, -0.2) is 76.4 Å². The van der Waals surface area contributed by atoms with Crippen molar-refractivity contribution in [2.75, 3.05) is 38.0 Å². The summed E-state index contributed by atoms with van der Waals surface area (Å²) >= 11 is 7.28. The molecule has 3 fully saturated rings. The minimum absolute atomic E-state index is 0.0715. The Bertz CT molecular complexity index is 755. The van der Waals surface area contributed by atoms with E-state index in [0.29, 0.717) is 15.9 Å². The van der Waals surface area contributed by atoms with Crippen molar-refractivity contribution < 1.29 is 9.59 Å². The van der Waals surface area contributed by atoms with Crippen LogP contribution in [0.25, 0.3) is 0 Å². The number of nitrogens with one attached hydrogen (secondary N) is 1. The van der Waals surface area contributed by atoms with Crippen molar-refractivity contribution in [3.63, 3.8) is 0 Å². The number of nitrogens with zero attached hydrogens (tertiary/aromatic N) is 4. The Balaban J connectivity index is 1.32. The van der Waals surface area contributed by atoms with Crippen LogP contribution in [0.1, 0.15) is 70.6 Å². The Kier molecular flexibility index (Phi) is 8.66. The standard InChI is InChI=1S/C23H36ClN5O2S/c24-20-17-25-22(32-20)26-23(31)29(18-7-3-1-4-8-18)19-9-15-28(16-10-19)21(30)11-14-27-12-5-2-6-13-27/h17-19H,1-16H2,(H,25,26,31). The lowest BCUT2D eigenvalue weighted by Gasteiger charge is -2.43. The molecule has 178 valence electrons. The zero-order valence-corrected chi connectivity index (χ0v) is 20.5. The Hall–Kier alpha value is -1.38. The lowest BCUT2D eigenvalue weighted by atomic mass is 9.91. The first-order valence-corrected chi connectivity index (χ1v) is 13.5. The Morgan fingerprint density at radius 3 is 2.31 bits per heavy atom. The van der Waals surface area contributed by atoms with Crippen LogP contribution in [0, 0.1) is 0 Å². The first-order chi connectivity index (χ1) is 15.6. The molecule has 32 heavy (non-hydrogen) atoms. The third kappa shape index (κ3) is 6.35. The van der Waals surface area contributed by atoms with Crippen LogP contribution in [0.15, 0.2) is 6.20 Å². The van der Waals surface area contributed by atoms with Gasteiger partial charge >= 0.3 is 6.03 Å². The van der Waals surface area contributed by atoms with Gasteiger partial charge in [-0.05, 0) is 51.6 Å². The van der Waals surface area contributed by atoms with Crippen LogP contribution in [0.4, 0.5) is 9.93 Å². The molecular weight excluding hydrogens is 446 g/mol. The maximum Gasteiger partial charge on any atom is 0.324 e. The van der Waals surface area contributed by atoms with E-state index >= 15 is 0 Å². The van der Waals surface area contributed by atoms with Crippen molar-refractivity contribution in [2.24, 2.45) is 0 Å². The summed E-state index contributed by atoms with van der Waals surface area (Å²) < 4.78 is 0.570. The minimum atomic E-state index is -0.0715. The van der Waals surface area contributed by atoms with E-state index in [0.717, 1.165) is 58.4 Å². The van der Waals surface area contributed by atoms with Gasteiger partial charge in [0.1, 0.15) is 4.34 Å². The monoisotopic (exact) mass is 481 g/mol. The highest BCUT2D eigenvalue weighted by molar-refractivity contribution is 7.19. The summed E-state index contributed by atoms with van der Waals surface area (Å²) in [5, 5.41) is 3.52. The van der Waals surface area contributed by atoms with Gasteiger partial charge in [0.05, 0.1) is 6.20 Å². The molecular formula is C23H36ClN5O2S. The Morgan fingerprint density at radius 2 is 1.66 bits per heavy atom. The molecule has 0 atom stereocenters. The molecule has 3 amide bonds. The molecule has 2 saturated heterocycles. The van der Waals surface area contributed by atoms with E-state index in [1.165, 1.54) is 49.9 Å². The maximum atomic E-state index is 13.3. The number of aromatic nitrogens is 1. The predicted molar refractivity (Wildman–Crippen MR) is 129 cm³/mol. The third-order valence-electron chi connectivity index (χ3n) is 7.20. The molecule has 1 N–H and O–H groups in total. The van der Waals surface area contributed by atoms with Crippen molar-refractivity contribution >= 4 is 40.0 Å². The van der Waals surface area contributed by atoms with Gasteiger partial charge in [-0.25, -0.2) is 9.78 Å². The molecule has 2 aliphatic heterocycles. The molecule has 0 spiro atoms. The summed E-state index contributed by atoms with van der Waals surface area (Å²) in [6.45, 7) is 4.62. The highest BCUT2D eigenvalue weighted by atomic mass is 35.5. The van der Waals surface area contributed by atoms with Gasteiger partial charge in [-0.3, -0.25) is 10.1 Å². The number of rotatable bonds is 6. The molecule has 1 aliphatic carbocycles. The minimum Gasteiger partial charge on any atom is -0.343 e. The fourth-order valence-corrected chi connectivity index (χ4v) is 6.25. The van der Waals surface area contributed by atoms with E-state index in [1.54, 1.807) is 6.20 Å². The SMILES string of the molecule is O=C(CCN1CCCCC1)N1CCC(N(C(=O)Nc2ncc(Cl)s2)C2CCCCC2)CC1. The molecule has 0 radical (unpaired) electrons. The summed E-state index contributed by atoms with van der Waals surface area (Å²) in [5.41, 5.74) is 0. The number of likely N-dealkylation sites (tertiary alicyclic amines) is 2. The summed E-state index contributed by atoms with van der Waals surface area (Å²) in [5.74, 6) is 0.264. The molecule has 1 aromatic rings. The number of carbonyl (C=O) groups excluding carboxylic acids is 2. The summed E-state index contributed by atoms with van der Waals surface area (Å²) in [7, 11) is 0. The fourth-order valence-electron chi connectivity index (χ4n) is 5.45. The van der Waals surface area contributed by atoms with Gasteiger partial charge in [0.2, 0.25) is 5.91 Å². The molecule has 3 aliphatic rings. The van der Waals surface area contributed by atoms with Crippen LogP contribution in [0.2, 0.25) is 4.34 Å². The third-order valence-corrected chi connectivity index (χ3v) is 8.23. The molecule has 0 aromatic carbocycles. The van der Waals surface area contributed by atoms with Crippen LogP contribution >= 0.6 is 22.9 Å². The molecule has 7 nitrogen and oxygen atoms in total. The van der Waals surface area contributed by atoms with Crippen molar-refractivity contribution in [2.45, 2.75) is 82.7 Å². The molecule has 3 heterocycles. The van der Waals surface area contributed by atoms with Crippen LogP contribution in [-0.2, 0) is 4.79 Å². The second kappa shape index (κ2) is 11.7. The van der Waals surface area contributed by atoms with Gasteiger partial charge in [-0.15, -0.1) is 0 Å². The summed E-state index contributed by atoms with van der Waals surface area (Å²) in [6, 6.07) is 0.364. The number of anilines is 1. The Labute approximate surface area is 200 Å². The van der Waals surface area contributed by atoms with Crippen molar-refractivity contribution in [1.29, 1.82) is 0 Å². The van der Waals surface area contributed by atoms with Gasteiger partial charge in [0.15, 0.2) is 5.13 Å². The maximum absolute atomic E-state index is 13.3. The largest absolute Gasteiger partial charge is 0.343 e. The van der Waals surface area contributed by atoms with Crippen molar-refractivity contribution in [3.8, 4) is 0 Å². The number of amides is 3. The summed E-state index contributed by atoms with van der Waals surface area (Å²) in [4.78, 5) is 36.8. The van der Waals surface area contributed by atoms with E-state index in [9.17, 15) is 9.59 Å². The lowest BCUT2D eigenvalue weighted by Crippen LogP contribution is -2.54. The number of carbonyl (C=O) groups is 2. The normalized spacial score (nSPS) is 21.5. The summed E-state index contributed by atoms with van der Waals surface area (Å²) in [6.07, 6.45) is 13.4. The molecule has 0 bridgehead atoms. The van der Waals surface area contributed by atoms with Crippen molar-refractivity contribution in [3.05, 3.63) is 10.5 Å². The van der Waals surface area contributed by atoms with E-state index in [4.69, 9.17) is 11.6 Å². The van der Waals surface area contributed by atoms with Gasteiger partial charge in [-0.1, -0.05) is 48.6 Å². The number of thiazole rings is 1.